The zero-order valence-electron chi connectivity index (χ0n) is 8.56. The molecular weight excluding hydrogens is 230 g/mol. The third-order valence-electron chi connectivity index (χ3n) is 1.74. The van der Waals surface area contributed by atoms with E-state index in [0.717, 1.165) is 0 Å². The summed E-state index contributed by atoms with van der Waals surface area (Å²) in [6.07, 6.45) is -0.185. The maximum Gasteiger partial charge on any atom is 0.231 e. The quantitative estimate of drug-likeness (QED) is 0.624. The van der Waals surface area contributed by atoms with Gasteiger partial charge in [-0.05, 0) is 42.3 Å². The molecule has 0 aliphatic heterocycles. The highest BCUT2D eigenvalue weighted by Gasteiger charge is 2.05. The Morgan fingerprint density at radius 3 is 2.31 bits per heavy atom. The van der Waals surface area contributed by atoms with Crippen LogP contribution in [0.4, 0.5) is 5.69 Å². The summed E-state index contributed by atoms with van der Waals surface area (Å²) < 4.78 is 21.1. The summed E-state index contributed by atoms with van der Waals surface area (Å²) in [4.78, 5) is 22.0. The predicted molar refractivity (Wildman–Crippen MR) is 57.6 cm³/mol. The molecule has 1 unspecified atom stereocenters. The van der Waals surface area contributed by atoms with Crippen LogP contribution in [0.25, 0.3) is 0 Å². The molecule has 16 heavy (non-hydrogen) atoms. The Hall–Kier alpha value is -1.53. The topological polar surface area (TPSA) is 86.3 Å². The van der Waals surface area contributed by atoms with Gasteiger partial charge in [-0.2, -0.15) is 0 Å². The lowest BCUT2D eigenvalue weighted by Gasteiger charge is -2.07. The van der Waals surface area contributed by atoms with Crippen LogP contribution in [0.5, 0.6) is 0 Å². The van der Waals surface area contributed by atoms with E-state index < -0.39 is 17.0 Å². The average Bonchev–Trinajstić information content (AvgIpc) is 2.16. The number of hydrogen-bond acceptors (Lipinski definition) is 4. The predicted octanol–water partition coefficient (Wildman–Crippen LogP) is 0.842. The molecular formula is C10H10NO4S-. The van der Waals surface area contributed by atoms with Crippen molar-refractivity contribution in [3.63, 3.8) is 0 Å². The van der Waals surface area contributed by atoms with Crippen molar-refractivity contribution < 1.29 is 18.4 Å². The van der Waals surface area contributed by atoms with Gasteiger partial charge in [-0.3, -0.25) is 13.8 Å². The number of benzene rings is 1. The molecule has 0 aliphatic rings. The number of Topliss-reactive ketones (excluding diaryl/α,β-unsaturated/α-hetero) is 1. The fourth-order valence-electron chi connectivity index (χ4n) is 1.08. The molecule has 0 saturated heterocycles. The summed E-state index contributed by atoms with van der Waals surface area (Å²) in [6, 6.07) is 5.66. The van der Waals surface area contributed by atoms with E-state index in [1.807, 2.05) is 0 Å². The molecule has 5 nitrogen and oxygen atoms in total. The van der Waals surface area contributed by atoms with Gasteiger partial charge in [-0.25, -0.2) is 0 Å². The van der Waals surface area contributed by atoms with Crippen LogP contribution in [0.3, 0.4) is 0 Å². The minimum absolute atomic E-state index is 0.143. The SMILES string of the molecule is CC(=O)CC(=O)Nc1ccc(S(=O)[O-])cc1. The number of hydrogen-bond donors (Lipinski definition) is 1. The van der Waals surface area contributed by atoms with Crippen molar-refractivity contribution in [1.29, 1.82) is 0 Å². The largest absolute Gasteiger partial charge is 0.768 e. The maximum absolute atomic E-state index is 11.2. The second kappa shape index (κ2) is 5.53. The fourth-order valence-corrected chi connectivity index (χ4v) is 1.44. The first-order valence-corrected chi connectivity index (χ1v) is 5.55. The van der Waals surface area contributed by atoms with Crippen molar-refractivity contribution in [1.82, 2.24) is 0 Å². The van der Waals surface area contributed by atoms with E-state index in [2.05, 4.69) is 5.32 Å². The molecule has 86 valence electrons. The Bertz CT molecular complexity index is 427. The molecule has 0 bridgehead atoms. The van der Waals surface area contributed by atoms with Crippen LogP contribution in [0.15, 0.2) is 29.2 Å². The van der Waals surface area contributed by atoms with E-state index in [1.165, 1.54) is 31.2 Å². The summed E-state index contributed by atoms with van der Waals surface area (Å²) in [7, 11) is 0. The highest BCUT2D eigenvalue weighted by Crippen LogP contribution is 2.11. The molecule has 0 radical (unpaired) electrons. The van der Waals surface area contributed by atoms with Crippen molar-refractivity contribution in [2.45, 2.75) is 18.2 Å². The Balaban J connectivity index is 2.65. The lowest BCUT2D eigenvalue weighted by Crippen LogP contribution is -2.14. The van der Waals surface area contributed by atoms with E-state index in [1.54, 1.807) is 0 Å². The van der Waals surface area contributed by atoms with Crippen LogP contribution in [0.2, 0.25) is 0 Å². The van der Waals surface area contributed by atoms with Crippen LogP contribution in [-0.4, -0.2) is 20.5 Å². The second-order valence-electron chi connectivity index (χ2n) is 3.19. The molecule has 0 aliphatic carbocycles. The van der Waals surface area contributed by atoms with Crippen LogP contribution in [0, 0.1) is 0 Å². The molecule has 0 spiro atoms. The number of amides is 1. The van der Waals surface area contributed by atoms with Gasteiger partial charge < -0.3 is 9.87 Å². The van der Waals surface area contributed by atoms with Crippen LogP contribution in [-0.2, 0) is 20.7 Å². The Morgan fingerprint density at radius 2 is 1.88 bits per heavy atom. The molecule has 1 aromatic rings. The van der Waals surface area contributed by atoms with Gasteiger partial charge in [0.2, 0.25) is 5.91 Å². The molecule has 0 fully saturated rings. The minimum atomic E-state index is -2.28. The average molecular weight is 240 g/mol. The Morgan fingerprint density at radius 1 is 1.31 bits per heavy atom. The smallest absolute Gasteiger partial charge is 0.231 e. The van der Waals surface area contributed by atoms with Gasteiger partial charge in [0.1, 0.15) is 5.78 Å². The summed E-state index contributed by atoms with van der Waals surface area (Å²) in [6.45, 7) is 1.32. The first-order valence-electron chi connectivity index (χ1n) is 4.47. The normalized spacial score (nSPS) is 11.9. The summed E-state index contributed by atoms with van der Waals surface area (Å²) in [5.74, 6) is -0.640. The molecule has 0 aromatic heterocycles. The van der Waals surface area contributed by atoms with Gasteiger partial charge >= 0.3 is 0 Å². The van der Waals surface area contributed by atoms with E-state index in [0.29, 0.717) is 5.69 Å². The second-order valence-corrected chi connectivity index (χ2v) is 4.13. The van der Waals surface area contributed by atoms with Crippen LogP contribution < -0.4 is 5.32 Å². The summed E-state index contributed by atoms with van der Waals surface area (Å²) in [5, 5.41) is 2.48. The van der Waals surface area contributed by atoms with E-state index in [4.69, 9.17) is 0 Å². The monoisotopic (exact) mass is 240 g/mol. The number of carbonyl (C=O) groups is 2. The van der Waals surface area contributed by atoms with Crippen molar-refractivity contribution in [3.8, 4) is 0 Å². The van der Waals surface area contributed by atoms with E-state index >= 15 is 0 Å². The lowest BCUT2D eigenvalue weighted by molar-refractivity contribution is -0.124. The number of ketones is 1. The van der Waals surface area contributed by atoms with Gasteiger partial charge in [-0.1, -0.05) is 0 Å². The Kier molecular flexibility index (Phi) is 4.33. The zero-order chi connectivity index (χ0) is 12.1. The molecule has 1 amide bonds. The molecule has 1 N–H and O–H groups in total. The third kappa shape index (κ3) is 3.92. The van der Waals surface area contributed by atoms with Gasteiger partial charge in [0.05, 0.1) is 6.42 Å². The number of carbonyl (C=O) groups excluding carboxylic acids is 2. The number of rotatable bonds is 4. The highest BCUT2D eigenvalue weighted by molar-refractivity contribution is 7.79. The number of nitrogens with one attached hydrogen (secondary N) is 1. The van der Waals surface area contributed by atoms with Gasteiger partial charge in [-0.15, -0.1) is 0 Å². The van der Waals surface area contributed by atoms with Crippen molar-refractivity contribution in [3.05, 3.63) is 24.3 Å². The van der Waals surface area contributed by atoms with Gasteiger partial charge in [0.15, 0.2) is 0 Å². The standard InChI is InChI=1S/C10H11NO4S/c1-7(12)6-10(13)11-8-2-4-9(5-3-8)16(14)15/h2-5H,6H2,1H3,(H,11,13)(H,14,15)/p-1. The highest BCUT2D eigenvalue weighted by atomic mass is 32.2. The molecule has 0 saturated carbocycles. The first-order chi connectivity index (χ1) is 7.49. The molecule has 1 rings (SSSR count). The summed E-state index contributed by atoms with van der Waals surface area (Å²) in [5.41, 5.74) is 0.459. The van der Waals surface area contributed by atoms with Crippen molar-refractivity contribution in [2.75, 3.05) is 5.32 Å². The van der Waals surface area contributed by atoms with Gasteiger partial charge in [0.25, 0.3) is 0 Å². The summed E-state index contributed by atoms with van der Waals surface area (Å²) >= 11 is -2.28. The van der Waals surface area contributed by atoms with E-state index in [9.17, 15) is 18.4 Å². The van der Waals surface area contributed by atoms with Gasteiger partial charge in [0, 0.05) is 10.6 Å². The number of anilines is 1. The molecule has 6 heteroatoms. The first kappa shape index (κ1) is 12.5. The van der Waals surface area contributed by atoms with Crippen LogP contribution >= 0.6 is 0 Å². The fraction of sp³-hybridized carbons (Fsp3) is 0.200. The molecule has 0 heterocycles. The lowest BCUT2D eigenvalue weighted by atomic mass is 10.2. The van der Waals surface area contributed by atoms with E-state index in [-0.39, 0.29) is 17.1 Å². The van der Waals surface area contributed by atoms with Crippen LogP contribution in [0.1, 0.15) is 13.3 Å². The van der Waals surface area contributed by atoms with Crippen molar-refractivity contribution >= 4 is 28.5 Å². The minimum Gasteiger partial charge on any atom is -0.768 e. The molecule has 1 aromatic carbocycles. The Labute approximate surface area is 95.1 Å². The maximum atomic E-state index is 11.2. The molecule has 1 atom stereocenters. The van der Waals surface area contributed by atoms with Crippen molar-refractivity contribution in [2.24, 2.45) is 0 Å². The zero-order valence-corrected chi connectivity index (χ0v) is 9.37. The third-order valence-corrected chi connectivity index (χ3v) is 2.40.